The maximum Gasteiger partial charge on any atom is 0.227 e. The lowest BCUT2D eigenvalue weighted by atomic mass is 9.99. The molecule has 0 bridgehead atoms. The number of aliphatic hydroxyl groups excluding tert-OH is 1. The van der Waals surface area contributed by atoms with Crippen molar-refractivity contribution in [3.63, 3.8) is 0 Å². The zero-order valence-electron chi connectivity index (χ0n) is 15.5. The Balaban J connectivity index is 2.00. The summed E-state index contributed by atoms with van der Waals surface area (Å²) in [5.41, 5.74) is 1.77. The van der Waals surface area contributed by atoms with Crippen LogP contribution in [0.25, 0.3) is 0 Å². The summed E-state index contributed by atoms with van der Waals surface area (Å²) in [5, 5.41) is 12.6. The van der Waals surface area contributed by atoms with E-state index in [0.717, 1.165) is 16.9 Å². The van der Waals surface area contributed by atoms with Gasteiger partial charge in [0.05, 0.1) is 25.2 Å². The molecule has 0 saturated carbocycles. The number of aliphatic hydroxyl groups is 1. The summed E-state index contributed by atoms with van der Waals surface area (Å²) in [7, 11) is 1.63. The molecule has 0 radical (unpaired) electrons. The minimum absolute atomic E-state index is 0.0501. The van der Waals surface area contributed by atoms with Crippen LogP contribution in [0.2, 0.25) is 0 Å². The highest BCUT2D eigenvalue weighted by atomic mass is 16.5. The lowest BCUT2D eigenvalue weighted by Gasteiger charge is -2.20. The molecule has 5 nitrogen and oxygen atoms in total. The first kappa shape index (κ1) is 19.9. The molecule has 2 aromatic carbocycles. The number of methoxy groups -OCH3 is 1. The van der Waals surface area contributed by atoms with Crippen LogP contribution in [0.4, 0.5) is 0 Å². The van der Waals surface area contributed by atoms with E-state index < -0.39 is 6.04 Å². The predicted octanol–water partition coefficient (Wildman–Crippen LogP) is 3.05. The molecule has 5 heteroatoms. The molecule has 140 valence electrons. The lowest BCUT2D eigenvalue weighted by Crippen LogP contribution is -2.33. The van der Waals surface area contributed by atoms with Crippen molar-refractivity contribution in [1.29, 1.82) is 0 Å². The Bertz CT molecular complexity index is 672. The van der Waals surface area contributed by atoms with Crippen molar-refractivity contribution in [2.75, 3.05) is 20.3 Å². The van der Waals surface area contributed by atoms with Gasteiger partial charge in [0.25, 0.3) is 0 Å². The first-order chi connectivity index (χ1) is 12.5. The number of ether oxygens (including phenoxy) is 2. The first-order valence-electron chi connectivity index (χ1n) is 8.77. The quantitative estimate of drug-likeness (QED) is 0.724. The second-order valence-electron chi connectivity index (χ2n) is 6.33. The summed E-state index contributed by atoms with van der Waals surface area (Å²) >= 11 is 0. The van der Waals surface area contributed by atoms with E-state index in [4.69, 9.17) is 9.47 Å². The fourth-order valence-corrected chi connectivity index (χ4v) is 2.70. The zero-order chi connectivity index (χ0) is 18.9. The van der Waals surface area contributed by atoms with Gasteiger partial charge in [0.15, 0.2) is 0 Å². The molecule has 0 fully saturated rings. The van der Waals surface area contributed by atoms with Gasteiger partial charge in [0.1, 0.15) is 11.9 Å². The van der Waals surface area contributed by atoms with E-state index in [0.29, 0.717) is 6.61 Å². The SMILES string of the molecule is COCC(C)Oc1ccc([C@H](CO)NC(=O)[C@@H](C)c2ccccc2)cc1. The number of carbonyl (C=O) groups excluding carboxylic acids is 1. The summed E-state index contributed by atoms with van der Waals surface area (Å²) in [5.74, 6) is 0.311. The van der Waals surface area contributed by atoms with E-state index in [1.54, 1.807) is 7.11 Å². The number of amides is 1. The normalized spacial score (nSPS) is 14.3. The van der Waals surface area contributed by atoms with Crippen molar-refractivity contribution in [3.8, 4) is 5.75 Å². The van der Waals surface area contributed by atoms with Crippen LogP contribution in [-0.4, -0.2) is 37.4 Å². The Morgan fingerprint density at radius 3 is 2.27 bits per heavy atom. The highest BCUT2D eigenvalue weighted by Crippen LogP contribution is 2.21. The lowest BCUT2D eigenvalue weighted by molar-refractivity contribution is -0.123. The maximum absolute atomic E-state index is 12.5. The van der Waals surface area contributed by atoms with Crippen molar-refractivity contribution >= 4 is 5.91 Å². The second kappa shape index (κ2) is 9.94. The monoisotopic (exact) mass is 357 g/mol. The second-order valence-corrected chi connectivity index (χ2v) is 6.33. The molecule has 2 N–H and O–H groups in total. The fraction of sp³-hybridized carbons (Fsp3) is 0.381. The molecule has 0 aliphatic rings. The van der Waals surface area contributed by atoms with Gasteiger partial charge in [-0.3, -0.25) is 4.79 Å². The van der Waals surface area contributed by atoms with Gasteiger partial charge in [0, 0.05) is 7.11 Å². The van der Waals surface area contributed by atoms with Gasteiger partial charge < -0.3 is 19.9 Å². The molecule has 0 aliphatic heterocycles. The molecule has 1 amide bonds. The van der Waals surface area contributed by atoms with Gasteiger partial charge >= 0.3 is 0 Å². The van der Waals surface area contributed by atoms with Crippen molar-refractivity contribution in [3.05, 3.63) is 65.7 Å². The van der Waals surface area contributed by atoms with Crippen LogP contribution in [0.3, 0.4) is 0 Å². The largest absolute Gasteiger partial charge is 0.488 e. The van der Waals surface area contributed by atoms with Crippen LogP contribution in [0.1, 0.15) is 36.9 Å². The van der Waals surface area contributed by atoms with E-state index in [9.17, 15) is 9.90 Å². The van der Waals surface area contributed by atoms with E-state index in [2.05, 4.69) is 5.32 Å². The molecule has 0 saturated heterocycles. The van der Waals surface area contributed by atoms with Crippen molar-refractivity contribution in [1.82, 2.24) is 5.32 Å². The van der Waals surface area contributed by atoms with E-state index in [1.807, 2.05) is 68.4 Å². The minimum Gasteiger partial charge on any atom is -0.488 e. The van der Waals surface area contributed by atoms with E-state index in [-0.39, 0.29) is 24.5 Å². The molecular weight excluding hydrogens is 330 g/mol. The molecule has 2 aromatic rings. The molecule has 2 rings (SSSR count). The van der Waals surface area contributed by atoms with Gasteiger partial charge in [-0.2, -0.15) is 0 Å². The third-order valence-corrected chi connectivity index (χ3v) is 4.21. The average molecular weight is 357 g/mol. The Hall–Kier alpha value is -2.37. The molecule has 0 spiro atoms. The van der Waals surface area contributed by atoms with Gasteiger partial charge in [0.2, 0.25) is 5.91 Å². The summed E-state index contributed by atoms with van der Waals surface area (Å²) in [4.78, 5) is 12.5. The Labute approximate surface area is 155 Å². The van der Waals surface area contributed by atoms with Crippen LogP contribution in [-0.2, 0) is 9.53 Å². The van der Waals surface area contributed by atoms with E-state index >= 15 is 0 Å². The van der Waals surface area contributed by atoms with Gasteiger partial charge in [-0.15, -0.1) is 0 Å². The van der Waals surface area contributed by atoms with Crippen LogP contribution < -0.4 is 10.1 Å². The molecular formula is C21H27NO4. The molecule has 0 heterocycles. The number of rotatable bonds is 9. The molecule has 0 aromatic heterocycles. The van der Waals surface area contributed by atoms with Crippen LogP contribution >= 0.6 is 0 Å². The van der Waals surface area contributed by atoms with Crippen molar-refractivity contribution in [2.24, 2.45) is 0 Å². The highest BCUT2D eigenvalue weighted by molar-refractivity contribution is 5.83. The smallest absolute Gasteiger partial charge is 0.227 e. The number of benzene rings is 2. The summed E-state index contributed by atoms with van der Waals surface area (Å²) in [6.45, 7) is 4.12. The third-order valence-electron chi connectivity index (χ3n) is 4.21. The topological polar surface area (TPSA) is 67.8 Å². The standard InChI is InChI=1S/C21H27NO4/c1-15(14-25-3)26-19-11-9-18(10-12-19)20(13-23)22-21(24)16(2)17-7-5-4-6-8-17/h4-12,15-16,20,23H,13-14H2,1-3H3,(H,22,24)/t15?,16-,20-/m0/s1. The predicted molar refractivity (Wildman–Crippen MR) is 101 cm³/mol. The van der Waals surface area contributed by atoms with Crippen molar-refractivity contribution < 1.29 is 19.4 Å². The highest BCUT2D eigenvalue weighted by Gasteiger charge is 2.20. The minimum atomic E-state index is -0.459. The number of carbonyl (C=O) groups is 1. The van der Waals surface area contributed by atoms with Gasteiger partial charge in [-0.1, -0.05) is 42.5 Å². The van der Waals surface area contributed by atoms with Crippen molar-refractivity contribution in [2.45, 2.75) is 31.9 Å². The Kier molecular flexibility index (Phi) is 7.63. The summed E-state index contributed by atoms with van der Waals surface area (Å²) in [6.07, 6.45) is -0.0501. The Morgan fingerprint density at radius 2 is 1.69 bits per heavy atom. The molecule has 26 heavy (non-hydrogen) atoms. The average Bonchev–Trinajstić information content (AvgIpc) is 2.67. The first-order valence-corrected chi connectivity index (χ1v) is 8.77. The molecule has 3 atom stereocenters. The Morgan fingerprint density at radius 1 is 1.04 bits per heavy atom. The summed E-state index contributed by atoms with van der Waals surface area (Å²) in [6, 6.07) is 16.5. The number of hydrogen-bond acceptors (Lipinski definition) is 4. The van der Waals surface area contributed by atoms with Crippen LogP contribution in [0.15, 0.2) is 54.6 Å². The third kappa shape index (κ3) is 5.58. The van der Waals surface area contributed by atoms with Gasteiger partial charge in [-0.25, -0.2) is 0 Å². The molecule has 1 unspecified atom stereocenters. The fourth-order valence-electron chi connectivity index (χ4n) is 2.70. The number of hydrogen-bond donors (Lipinski definition) is 2. The maximum atomic E-state index is 12.5. The van der Waals surface area contributed by atoms with E-state index in [1.165, 1.54) is 0 Å². The summed E-state index contributed by atoms with van der Waals surface area (Å²) < 4.78 is 10.8. The number of nitrogens with one attached hydrogen (secondary N) is 1. The molecule has 0 aliphatic carbocycles. The van der Waals surface area contributed by atoms with Crippen LogP contribution in [0.5, 0.6) is 5.75 Å². The van der Waals surface area contributed by atoms with Crippen LogP contribution in [0, 0.1) is 0 Å². The zero-order valence-corrected chi connectivity index (χ0v) is 15.5. The van der Waals surface area contributed by atoms with Gasteiger partial charge in [-0.05, 0) is 37.1 Å².